The molecule has 0 spiro atoms. The van der Waals surface area contributed by atoms with E-state index in [4.69, 9.17) is 11.6 Å². The van der Waals surface area contributed by atoms with Gasteiger partial charge in [0.25, 0.3) is 0 Å². The molecule has 0 aliphatic rings. The summed E-state index contributed by atoms with van der Waals surface area (Å²) in [6.07, 6.45) is 3.52. The quantitative estimate of drug-likeness (QED) is 0.771. The van der Waals surface area contributed by atoms with Gasteiger partial charge in [0.1, 0.15) is 0 Å². The third-order valence-corrected chi connectivity index (χ3v) is 3.31. The van der Waals surface area contributed by atoms with Crippen LogP contribution in [0.2, 0.25) is 5.02 Å². The van der Waals surface area contributed by atoms with Gasteiger partial charge in [-0.1, -0.05) is 44.0 Å². The van der Waals surface area contributed by atoms with Gasteiger partial charge in [-0.2, -0.15) is 0 Å². The SMILES string of the molecule is CCCNC(CCC)c1cccc(Cl)c1C. The topological polar surface area (TPSA) is 12.0 Å². The zero-order chi connectivity index (χ0) is 12.0. The Bertz CT molecular complexity index is 323. The van der Waals surface area contributed by atoms with Crippen molar-refractivity contribution in [1.29, 1.82) is 0 Å². The molecule has 0 aliphatic heterocycles. The maximum absolute atomic E-state index is 6.16. The second-order valence-corrected chi connectivity index (χ2v) is 4.66. The second-order valence-electron chi connectivity index (χ2n) is 4.25. The maximum Gasteiger partial charge on any atom is 0.0438 e. The molecule has 1 aromatic rings. The van der Waals surface area contributed by atoms with Gasteiger partial charge in [0.2, 0.25) is 0 Å². The zero-order valence-corrected chi connectivity index (χ0v) is 11.3. The highest BCUT2D eigenvalue weighted by Gasteiger charge is 2.13. The monoisotopic (exact) mass is 239 g/mol. The first kappa shape index (κ1) is 13.5. The van der Waals surface area contributed by atoms with Gasteiger partial charge in [-0.05, 0) is 43.5 Å². The lowest BCUT2D eigenvalue weighted by Gasteiger charge is -2.20. The number of halogens is 1. The van der Waals surface area contributed by atoms with Crippen LogP contribution in [0, 0.1) is 6.92 Å². The molecule has 0 aromatic heterocycles. The molecule has 0 fully saturated rings. The van der Waals surface area contributed by atoms with Crippen molar-refractivity contribution in [3.8, 4) is 0 Å². The highest BCUT2D eigenvalue weighted by Crippen LogP contribution is 2.26. The lowest BCUT2D eigenvalue weighted by Crippen LogP contribution is -2.22. The molecule has 1 N–H and O–H groups in total. The van der Waals surface area contributed by atoms with Gasteiger partial charge < -0.3 is 5.32 Å². The Morgan fingerprint density at radius 1 is 1.25 bits per heavy atom. The van der Waals surface area contributed by atoms with E-state index in [9.17, 15) is 0 Å². The average molecular weight is 240 g/mol. The minimum absolute atomic E-state index is 0.448. The molecule has 1 unspecified atom stereocenters. The number of hydrogen-bond acceptors (Lipinski definition) is 1. The molecule has 1 nitrogen and oxygen atoms in total. The van der Waals surface area contributed by atoms with Crippen molar-refractivity contribution in [2.75, 3.05) is 6.54 Å². The Morgan fingerprint density at radius 3 is 2.62 bits per heavy atom. The molecular formula is C14H22ClN. The van der Waals surface area contributed by atoms with Gasteiger partial charge in [0.05, 0.1) is 0 Å². The van der Waals surface area contributed by atoms with E-state index in [0.717, 1.165) is 11.6 Å². The van der Waals surface area contributed by atoms with E-state index < -0.39 is 0 Å². The first-order valence-electron chi connectivity index (χ1n) is 6.19. The van der Waals surface area contributed by atoms with Crippen molar-refractivity contribution >= 4 is 11.6 Å². The molecule has 16 heavy (non-hydrogen) atoms. The smallest absolute Gasteiger partial charge is 0.0438 e. The molecule has 1 atom stereocenters. The molecule has 0 saturated heterocycles. The highest BCUT2D eigenvalue weighted by atomic mass is 35.5. The van der Waals surface area contributed by atoms with Gasteiger partial charge in [0.15, 0.2) is 0 Å². The van der Waals surface area contributed by atoms with Crippen LogP contribution in [0.5, 0.6) is 0 Å². The Hall–Kier alpha value is -0.530. The van der Waals surface area contributed by atoms with E-state index in [1.807, 2.05) is 12.1 Å². The summed E-state index contributed by atoms with van der Waals surface area (Å²) in [6.45, 7) is 7.59. The van der Waals surface area contributed by atoms with Crippen molar-refractivity contribution in [3.63, 3.8) is 0 Å². The predicted molar refractivity (Wildman–Crippen MR) is 72.1 cm³/mol. The Morgan fingerprint density at radius 2 is 2.00 bits per heavy atom. The Kier molecular flexibility index (Phi) is 5.86. The van der Waals surface area contributed by atoms with Gasteiger partial charge in [-0.25, -0.2) is 0 Å². The molecule has 1 rings (SSSR count). The third kappa shape index (κ3) is 3.50. The molecule has 0 amide bonds. The van der Waals surface area contributed by atoms with Crippen LogP contribution >= 0.6 is 11.6 Å². The van der Waals surface area contributed by atoms with E-state index in [-0.39, 0.29) is 0 Å². The van der Waals surface area contributed by atoms with E-state index in [0.29, 0.717) is 6.04 Å². The molecule has 0 radical (unpaired) electrons. The molecule has 0 bridgehead atoms. The summed E-state index contributed by atoms with van der Waals surface area (Å²) >= 11 is 6.16. The summed E-state index contributed by atoms with van der Waals surface area (Å²) in [4.78, 5) is 0. The van der Waals surface area contributed by atoms with Crippen LogP contribution in [-0.4, -0.2) is 6.54 Å². The van der Waals surface area contributed by atoms with Gasteiger partial charge in [-0.15, -0.1) is 0 Å². The lowest BCUT2D eigenvalue weighted by molar-refractivity contribution is 0.492. The molecule has 2 heteroatoms. The van der Waals surface area contributed by atoms with Crippen LogP contribution < -0.4 is 5.32 Å². The summed E-state index contributed by atoms with van der Waals surface area (Å²) in [5.74, 6) is 0. The fraction of sp³-hybridized carbons (Fsp3) is 0.571. The summed E-state index contributed by atoms with van der Waals surface area (Å²) in [7, 11) is 0. The van der Waals surface area contributed by atoms with Crippen LogP contribution in [0.15, 0.2) is 18.2 Å². The number of benzene rings is 1. The van der Waals surface area contributed by atoms with Crippen molar-refractivity contribution in [3.05, 3.63) is 34.3 Å². The summed E-state index contributed by atoms with van der Waals surface area (Å²) in [5, 5.41) is 4.47. The maximum atomic E-state index is 6.16. The molecule has 0 saturated carbocycles. The summed E-state index contributed by atoms with van der Waals surface area (Å²) in [5.41, 5.74) is 2.56. The minimum Gasteiger partial charge on any atom is -0.310 e. The number of hydrogen-bond donors (Lipinski definition) is 1. The summed E-state index contributed by atoms with van der Waals surface area (Å²) in [6, 6.07) is 6.64. The van der Waals surface area contributed by atoms with E-state index in [1.165, 1.54) is 30.4 Å². The van der Waals surface area contributed by atoms with Crippen LogP contribution in [0.25, 0.3) is 0 Å². The van der Waals surface area contributed by atoms with Gasteiger partial charge in [0, 0.05) is 11.1 Å². The summed E-state index contributed by atoms with van der Waals surface area (Å²) < 4.78 is 0. The molecule has 90 valence electrons. The van der Waals surface area contributed by atoms with Crippen molar-refractivity contribution in [2.45, 2.75) is 46.1 Å². The first-order chi connectivity index (χ1) is 7.70. The fourth-order valence-corrected chi connectivity index (χ4v) is 2.16. The molecule has 0 heterocycles. The van der Waals surface area contributed by atoms with Gasteiger partial charge in [-0.3, -0.25) is 0 Å². The second kappa shape index (κ2) is 6.93. The molecule has 0 aliphatic carbocycles. The van der Waals surface area contributed by atoms with Crippen molar-refractivity contribution in [2.24, 2.45) is 0 Å². The molecule has 1 aromatic carbocycles. The van der Waals surface area contributed by atoms with E-state index in [2.05, 4.69) is 32.2 Å². The van der Waals surface area contributed by atoms with E-state index in [1.54, 1.807) is 0 Å². The lowest BCUT2D eigenvalue weighted by atomic mass is 9.97. The third-order valence-electron chi connectivity index (χ3n) is 2.90. The zero-order valence-electron chi connectivity index (χ0n) is 10.5. The van der Waals surface area contributed by atoms with Gasteiger partial charge >= 0.3 is 0 Å². The largest absolute Gasteiger partial charge is 0.310 e. The number of rotatable bonds is 6. The molecular weight excluding hydrogens is 218 g/mol. The van der Waals surface area contributed by atoms with Crippen LogP contribution in [0.3, 0.4) is 0 Å². The van der Waals surface area contributed by atoms with Crippen LogP contribution in [0.1, 0.15) is 50.3 Å². The highest BCUT2D eigenvalue weighted by molar-refractivity contribution is 6.31. The normalized spacial score (nSPS) is 12.8. The number of nitrogens with one attached hydrogen (secondary N) is 1. The van der Waals surface area contributed by atoms with E-state index >= 15 is 0 Å². The van der Waals surface area contributed by atoms with Crippen molar-refractivity contribution in [1.82, 2.24) is 5.32 Å². The predicted octanol–water partition coefficient (Wildman–Crippen LogP) is 4.49. The Balaban J connectivity index is 2.86. The average Bonchev–Trinajstić information content (AvgIpc) is 2.28. The fourth-order valence-electron chi connectivity index (χ4n) is 1.98. The first-order valence-corrected chi connectivity index (χ1v) is 6.56. The standard InChI is InChI=1S/C14H22ClN/c1-4-7-14(16-10-5-2)12-8-6-9-13(15)11(12)3/h6,8-9,14,16H,4-5,7,10H2,1-3H3. The van der Waals surface area contributed by atoms with Crippen LogP contribution in [0.4, 0.5) is 0 Å². The minimum atomic E-state index is 0.448. The van der Waals surface area contributed by atoms with Crippen LogP contribution in [-0.2, 0) is 0 Å². The Labute approximate surface area is 104 Å². The van der Waals surface area contributed by atoms with Crippen molar-refractivity contribution < 1.29 is 0 Å².